The third kappa shape index (κ3) is 1.72. The molecule has 4 nitrogen and oxygen atoms in total. The van der Waals surface area contributed by atoms with E-state index >= 15 is 0 Å². The van der Waals surface area contributed by atoms with Crippen LogP contribution in [0.4, 0.5) is 5.00 Å². The summed E-state index contributed by atoms with van der Waals surface area (Å²) >= 11 is 1.32. The molecule has 1 aromatic heterocycles. The van der Waals surface area contributed by atoms with Crippen molar-refractivity contribution < 1.29 is 14.6 Å². The lowest BCUT2D eigenvalue weighted by atomic mass is 9.93. The van der Waals surface area contributed by atoms with Crippen molar-refractivity contribution in [2.75, 3.05) is 5.73 Å². The molecule has 3 N–H and O–H groups in total. The number of nitrogens with two attached hydrogens (primary N) is 1. The van der Waals surface area contributed by atoms with Crippen molar-refractivity contribution in [3.8, 4) is 0 Å². The van der Waals surface area contributed by atoms with E-state index < -0.39 is 5.97 Å². The molecule has 15 heavy (non-hydrogen) atoms. The number of rotatable bonds is 1. The zero-order valence-electron chi connectivity index (χ0n) is 8.66. The molecule has 0 bridgehead atoms. The first-order valence-electron chi connectivity index (χ1n) is 4.68. The minimum absolute atomic E-state index is 0.270. The van der Waals surface area contributed by atoms with E-state index in [1.807, 2.05) is 13.8 Å². The smallest absolute Gasteiger partial charge is 0.338 e. The maximum atomic E-state index is 11.1. The number of carboxylic acid groups (broad SMARTS) is 1. The Morgan fingerprint density at radius 3 is 2.87 bits per heavy atom. The summed E-state index contributed by atoms with van der Waals surface area (Å²) in [4.78, 5) is 12.0. The van der Waals surface area contributed by atoms with E-state index in [9.17, 15) is 4.79 Å². The van der Waals surface area contributed by atoms with Crippen LogP contribution in [0.1, 0.15) is 34.6 Å². The number of fused-ring (bicyclic) bond motifs is 1. The predicted molar refractivity (Wildman–Crippen MR) is 58.3 cm³/mol. The average molecular weight is 227 g/mol. The lowest BCUT2D eigenvalue weighted by molar-refractivity contribution is -0.0384. The molecule has 2 heterocycles. The highest BCUT2D eigenvalue weighted by atomic mass is 32.1. The number of carbonyl (C=O) groups is 1. The fourth-order valence-corrected chi connectivity index (χ4v) is 2.80. The van der Waals surface area contributed by atoms with Crippen LogP contribution in [0.2, 0.25) is 0 Å². The minimum Gasteiger partial charge on any atom is -0.478 e. The van der Waals surface area contributed by atoms with Crippen LogP contribution >= 0.6 is 11.3 Å². The maximum Gasteiger partial charge on any atom is 0.338 e. The number of ether oxygens (including phenoxy) is 1. The van der Waals surface area contributed by atoms with E-state index in [1.54, 1.807) is 0 Å². The largest absolute Gasteiger partial charge is 0.478 e. The highest BCUT2D eigenvalue weighted by molar-refractivity contribution is 7.16. The van der Waals surface area contributed by atoms with Crippen LogP contribution < -0.4 is 5.73 Å². The zero-order chi connectivity index (χ0) is 11.2. The average Bonchev–Trinajstić information content (AvgIpc) is 2.38. The SMILES string of the molecule is CC1(C)Cc2c(sc(N)c2C(=O)O)CO1. The lowest BCUT2D eigenvalue weighted by Crippen LogP contribution is -2.31. The van der Waals surface area contributed by atoms with Crippen molar-refractivity contribution in [1.29, 1.82) is 0 Å². The molecular weight excluding hydrogens is 214 g/mol. The van der Waals surface area contributed by atoms with Gasteiger partial charge in [0.2, 0.25) is 0 Å². The van der Waals surface area contributed by atoms with Crippen LogP contribution in [0.5, 0.6) is 0 Å². The van der Waals surface area contributed by atoms with Gasteiger partial charge in [0.25, 0.3) is 0 Å². The predicted octanol–water partition coefficient (Wildman–Crippen LogP) is 1.88. The van der Waals surface area contributed by atoms with Crippen LogP contribution in [-0.2, 0) is 17.8 Å². The number of hydrogen-bond acceptors (Lipinski definition) is 4. The maximum absolute atomic E-state index is 11.1. The second kappa shape index (κ2) is 3.21. The molecule has 2 rings (SSSR count). The summed E-state index contributed by atoms with van der Waals surface area (Å²) in [5, 5.41) is 9.45. The van der Waals surface area contributed by atoms with E-state index in [-0.39, 0.29) is 11.2 Å². The van der Waals surface area contributed by atoms with Crippen molar-refractivity contribution in [1.82, 2.24) is 0 Å². The van der Waals surface area contributed by atoms with Crippen molar-refractivity contribution in [2.24, 2.45) is 0 Å². The summed E-state index contributed by atoms with van der Waals surface area (Å²) in [6.07, 6.45) is 0.609. The number of thiophene rings is 1. The molecule has 0 aliphatic carbocycles. The van der Waals surface area contributed by atoms with E-state index in [2.05, 4.69) is 0 Å². The Kier molecular flexibility index (Phi) is 2.24. The van der Waals surface area contributed by atoms with Crippen molar-refractivity contribution in [2.45, 2.75) is 32.5 Å². The van der Waals surface area contributed by atoms with Gasteiger partial charge in [-0.1, -0.05) is 0 Å². The van der Waals surface area contributed by atoms with Crippen molar-refractivity contribution >= 4 is 22.3 Å². The van der Waals surface area contributed by atoms with Crippen LogP contribution in [0, 0.1) is 0 Å². The summed E-state index contributed by atoms with van der Waals surface area (Å²) in [5.74, 6) is -0.942. The molecule has 82 valence electrons. The second-order valence-electron chi connectivity index (χ2n) is 4.27. The molecular formula is C10H13NO3S. The monoisotopic (exact) mass is 227 g/mol. The summed E-state index contributed by atoms with van der Waals surface area (Å²) in [6.45, 7) is 4.37. The molecule has 0 spiro atoms. The number of aromatic carboxylic acids is 1. The summed E-state index contributed by atoms with van der Waals surface area (Å²) in [5.41, 5.74) is 6.51. The number of anilines is 1. The highest BCUT2D eigenvalue weighted by Crippen LogP contribution is 2.38. The molecule has 1 aromatic rings. The molecule has 0 fully saturated rings. The lowest BCUT2D eigenvalue weighted by Gasteiger charge is -2.30. The molecule has 0 saturated heterocycles. The van der Waals surface area contributed by atoms with Gasteiger partial charge < -0.3 is 15.6 Å². The second-order valence-corrected chi connectivity index (χ2v) is 5.41. The van der Waals surface area contributed by atoms with Gasteiger partial charge in [-0.05, 0) is 19.4 Å². The van der Waals surface area contributed by atoms with E-state index in [0.29, 0.717) is 18.0 Å². The topological polar surface area (TPSA) is 72.6 Å². The molecule has 0 atom stereocenters. The standard InChI is InChI=1S/C10H13NO3S/c1-10(2)3-5-6(4-14-10)15-8(11)7(5)9(12)13/h3-4,11H2,1-2H3,(H,12,13). The Balaban J connectivity index is 2.51. The van der Waals surface area contributed by atoms with Crippen LogP contribution in [-0.4, -0.2) is 16.7 Å². The molecule has 0 amide bonds. The normalized spacial score (nSPS) is 18.5. The van der Waals surface area contributed by atoms with Crippen molar-refractivity contribution in [3.63, 3.8) is 0 Å². The Labute approximate surface area is 91.7 Å². The molecule has 5 heteroatoms. The quantitative estimate of drug-likeness (QED) is 0.768. The Hall–Kier alpha value is -1.07. The molecule has 0 saturated carbocycles. The van der Waals surface area contributed by atoms with Gasteiger partial charge in [-0.15, -0.1) is 11.3 Å². The fraction of sp³-hybridized carbons (Fsp3) is 0.500. The summed E-state index contributed by atoms with van der Waals surface area (Å²) in [7, 11) is 0. The molecule has 0 unspecified atom stereocenters. The number of hydrogen-bond donors (Lipinski definition) is 2. The Bertz CT molecular complexity index is 423. The van der Waals surface area contributed by atoms with Gasteiger partial charge in [0.1, 0.15) is 5.00 Å². The molecule has 0 radical (unpaired) electrons. The van der Waals surface area contributed by atoms with Gasteiger partial charge in [0.05, 0.1) is 17.8 Å². The van der Waals surface area contributed by atoms with Crippen LogP contribution in [0.25, 0.3) is 0 Å². The van der Waals surface area contributed by atoms with Crippen LogP contribution in [0.3, 0.4) is 0 Å². The van der Waals surface area contributed by atoms with Gasteiger partial charge in [-0.25, -0.2) is 4.79 Å². The van der Waals surface area contributed by atoms with Gasteiger partial charge >= 0.3 is 5.97 Å². The third-order valence-electron chi connectivity index (χ3n) is 2.53. The minimum atomic E-state index is -0.942. The molecule has 1 aliphatic heterocycles. The van der Waals surface area contributed by atoms with Gasteiger partial charge in [0.15, 0.2) is 0 Å². The van der Waals surface area contributed by atoms with Gasteiger partial charge in [-0.3, -0.25) is 0 Å². The molecule has 0 aromatic carbocycles. The zero-order valence-corrected chi connectivity index (χ0v) is 9.48. The summed E-state index contributed by atoms with van der Waals surface area (Å²) in [6, 6.07) is 0. The summed E-state index contributed by atoms with van der Waals surface area (Å²) < 4.78 is 5.60. The van der Waals surface area contributed by atoms with Crippen molar-refractivity contribution in [3.05, 3.63) is 16.0 Å². The van der Waals surface area contributed by atoms with E-state index in [0.717, 1.165) is 10.4 Å². The van der Waals surface area contributed by atoms with Gasteiger partial charge in [-0.2, -0.15) is 0 Å². The van der Waals surface area contributed by atoms with E-state index in [4.69, 9.17) is 15.6 Å². The first kappa shape index (κ1) is 10.4. The number of carboxylic acids is 1. The van der Waals surface area contributed by atoms with Crippen LogP contribution in [0.15, 0.2) is 0 Å². The first-order valence-corrected chi connectivity index (χ1v) is 5.49. The van der Waals surface area contributed by atoms with Gasteiger partial charge in [0, 0.05) is 11.3 Å². The van der Waals surface area contributed by atoms with E-state index in [1.165, 1.54) is 11.3 Å². The Morgan fingerprint density at radius 1 is 1.60 bits per heavy atom. The Morgan fingerprint density at radius 2 is 2.27 bits per heavy atom. The number of nitrogen functional groups attached to an aromatic ring is 1. The fourth-order valence-electron chi connectivity index (χ4n) is 1.81. The molecule has 1 aliphatic rings. The first-order chi connectivity index (χ1) is 6.91. The third-order valence-corrected chi connectivity index (χ3v) is 3.56. The highest BCUT2D eigenvalue weighted by Gasteiger charge is 2.32.